The molecule has 1 aliphatic heterocycles. The number of aliphatic hydroxyl groups excluding tert-OH is 1. The topological polar surface area (TPSA) is 67.8 Å². The van der Waals surface area contributed by atoms with E-state index in [1.807, 2.05) is 66.7 Å². The number of hydrogen-bond acceptors (Lipinski definition) is 4. The van der Waals surface area contributed by atoms with Crippen molar-refractivity contribution in [1.82, 2.24) is 5.32 Å². The number of hydrogen-bond donors (Lipinski definition) is 2. The second-order valence-corrected chi connectivity index (χ2v) is 9.84. The highest BCUT2D eigenvalue weighted by Crippen LogP contribution is 2.26. The van der Waals surface area contributed by atoms with Crippen LogP contribution < -0.4 is 14.8 Å². The van der Waals surface area contributed by atoms with E-state index >= 15 is 0 Å². The number of methoxy groups -OCH3 is 1. The van der Waals surface area contributed by atoms with Crippen LogP contribution in [0.1, 0.15) is 30.9 Å². The number of carbonyl (C=O) groups is 1. The van der Waals surface area contributed by atoms with Gasteiger partial charge in [-0.05, 0) is 41.0 Å². The molecule has 0 bridgehead atoms. The first-order valence-corrected chi connectivity index (χ1v) is 12.7. The minimum absolute atomic E-state index is 0.126. The predicted molar refractivity (Wildman–Crippen MR) is 142 cm³/mol. The van der Waals surface area contributed by atoms with Gasteiger partial charge in [0.25, 0.3) is 0 Å². The fraction of sp³-hybridized carbons (Fsp3) is 0.367. The van der Waals surface area contributed by atoms with Crippen LogP contribution in [0.15, 0.2) is 78.9 Å². The number of nitrogens with zero attached hydrogens (tertiary/aromatic N) is 1. The van der Waals surface area contributed by atoms with Gasteiger partial charge in [-0.2, -0.15) is 0 Å². The third-order valence-electron chi connectivity index (χ3n) is 7.03. The number of likely N-dealkylation sites (N-methyl/N-ethyl adjacent to an activating group) is 1. The Labute approximate surface area is 214 Å². The van der Waals surface area contributed by atoms with Crippen LogP contribution >= 0.6 is 0 Å². The van der Waals surface area contributed by atoms with Gasteiger partial charge in [-0.15, -0.1) is 0 Å². The average molecular weight is 490 g/mol. The maximum Gasteiger partial charge on any atom is 0.223 e. The molecule has 4 rings (SSSR count). The molecular formula is C30H37N2O4+. The van der Waals surface area contributed by atoms with Crippen LogP contribution in [0.3, 0.4) is 0 Å². The standard InChI is InChI=1S/C30H36N2O4/c1-32(19-6-7-20-32)22-28(31-29(33)18-21-36-27-16-14-26(35-2)15-17-27)30(34)25-12-10-24(11-13-25)23-8-4-3-5-9-23/h3-5,8-17,28,30,34H,6-7,18-22H2,1-2H3/p+1. The van der Waals surface area contributed by atoms with E-state index in [1.54, 1.807) is 7.11 Å². The maximum atomic E-state index is 12.9. The molecule has 36 heavy (non-hydrogen) atoms. The number of likely N-dealkylation sites (tertiary alicyclic amines) is 1. The molecule has 0 saturated carbocycles. The number of carbonyl (C=O) groups excluding carboxylic acids is 1. The summed E-state index contributed by atoms with van der Waals surface area (Å²) in [6, 6.07) is 25.1. The van der Waals surface area contributed by atoms with Gasteiger partial charge in [-0.3, -0.25) is 4.79 Å². The lowest BCUT2D eigenvalue weighted by atomic mass is 9.97. The van der Waals surface area contributed by atoms with Gasteiger partial charge in [0.1, 0.15) is 30.2 Å². The lowest BCUT2D eigenvalue weighted by Crippen LogP contribution is -2.54. The van der Waals surface area contributed by atoms with Crippen LogP contribution in [0.4, 0.5) is 0 Å². The highest BCUT2D eigenvalue weighted by Gasteiger charge is 2.34. The molecule has 190 valence electrons. The van der Waals surface area contributed by atoms with Crippen molar-refractivity contribution in [3.63, 3.8) is 0 Å². The fourth-order valence-corrected chi connectivity index (χ4v) is 4.93. The normalized spacial score (nSPS) is 16.2. The molecule has 0 spiro atoms. The molecule has 1 fully saturated rings. The Bertz CT molecular complexity index is 1090. The van der Waals surface area contributed by atoms with E-state index in [9.17, 15) is 9.90 Å². The van der Waals surface area contributed by atoms with Gasteiger partial charge in [-0.25, -0.2) is 0 Å². The summed E-state index contributed by atoms with van der Waals surface area (Å²) in [5, 5.41) is 14.5. The average Bonchev–Trinajstić information content (AvgIpc) is 3.35. The zero-order valence-corrected chi connectivity index (χ0v) is 21.2. The maximum absolute atomic E-state index is 12.9. The number of amides is 1. The molecule has 1 amide bonds. The first-order valence-electron chi connectivity index (χ1n) is 12.7. The summed E-state index contributed by atoms with van der Waals surface area (Å²) in [5.41, 5.74) is 3.04. The Morgan fingerprint density at radius 2 is 1.53 bits per heavy atom. The number of nitrogens with one attached hydrogen (secondary N) is 1. The van der Waals surface area contributed by atoms with Crippen LogP contribution in [0.25, 0.3) is 11.1 Å². The van der Waals surface area contributed by atoms with Crippen molar-refractivity contribution >= 4 is 5.91 Å². The Balaban J connectivity index is 1.40. The summed E-state index contributed by atoms with van der Waals surface area (Å²) < 4.78 is 11.7. The van der Waals surface area contributed by atoms with Crippen molar-refractivity contribution in [2.24, 2.45) is 0 Å². The summed E-state index contributed by atoms with van der Waals surface area (Å²) in [6.45, 7) is 3.07. The summed E-state index contributed by atoms with van der Waals surface area (Å²) in [4.78, 5) is 12.9. The first-order chi connectivity index (χ1) is 17.5. The molecule has 2 N–H and O–H groups in total. The molecular weight excluding hydrogens is 452 g/mol. The number of aliphatic hydroxyl groups is 1. The van der Waals surface area contributed by atoms with Crippen LogP contribution in [0.5, 0.6) is 11.5 Å². The Morgan fingerprint density at radius 1 is 0.917 bits per heavy atom. The zero-order valence-electron chi connectivity index (χ0n) is 21.2. The highest BCUT2D eigenvalue weighted by atomic mass is 16.5. The minimum Gasteiger partial charge on any atom is -0.497 e. The number of ether oxygens (including phenoxy) is 2. The highest BCUT2D eigenvalue weighted by molar-refractivity contribution is 5.76. The zero-order chi connectivity index (χ0) is 25.4. The van der Waals surface area contributed by atoms with E-state index in [0.29, 0.717) is 12.3 Å². The molecule has 3 aromatic carbocycles. The van der Waals surface area contributed by atoms with Crippen LogP contribution in [-0.2, 0) is 4.79 Å². The summed E-state index contributed by atoms with van der Waals surface area (Å²) in [5.74, 6) is 1.32. The molecule has 1 aliphatic rings. The monoisotopic (exact) mass is 489 g/mol. The lowest BCUT2D eigenvalue weighted by molar-refractivity contribution is -0.899. The Morgan fingerprint density at radius 3 is 2.17 bits per heavy atom. The summed E-state index contributed by atoms with van der Waals surface area (Å²) in [6.07, 6.45) is 1.77. The third-order valence-corrected chi connectivity index (χ3v) is 7.03. The fourth-order valence-electron chi connectivity index (χ4n) is 4.93. The third kappa shape index (κ3) is 6.86. The lowest BCUT2D eigenvalue weighted by Gasteiger charge is -2.35. The molecule has 0 aliphatic carbocycles. The van der Waals surface area contributed by atoms with Gasteiger partial charge < -0.3 is 24.4 Å². The van der Waals surface area contributed by atoms with E-state index in [0.717, 1.165) is 40.0 Å². The molecule has 2 atom stereocenters. The molecule has 2 unspecified atom stereocenters. The van der Waals surface area contributed by atoms with E-state index < -0.39 is 6.10 Å². The van der Waals surface area contributed by atoms with Crippen LogP contribution in [0, 0.1) is 0 Å². The number of quaternary nitrogens is 1. The summed E-state index contributed by atoms with van der Waals surface area (Å²) >= 11 is 0. The second-order valence-electron chi connectivity index (χ2n) is 9.84. The number of benzene rings is 3. The largest absolute Gasteiger partial charge is 0.497 e. The van der Waals surface area contributed by atoms with Gasteiger partial charge in [-0.1, -0.05) is 54.6 Å². The Kier molecular flexibility index (Phi) is 8.62. The van der Waals surface area contributed by atoms with Crippen molar-refractivity contribution < 1.29 is 23.9 Å². The van der Waals surface area contributed by atoms with E-state index in [-0.39, 0.29) is 25.0 Å². The van der Waals surface area contributed by atoms with Crippen molar-refractivity contribution in [2.75, 3.05) is 40.4 Å². The molecule has 0 radical (unpaired) electrons. The van der Waals surface area contributed by atoms with E-state index in [1.165, 1.54) is 12.8 Å². The van der Waals surface area contributed by atoms with Gasteiger partial charge in [0, 0.05) is 12.8 Å². The van der Waals surface area contributed by atoms with Crippen molar-refractivity contribution in [2.45, 2.75) is 31.4 Å². The summed E-state index contributed by atoms with van der Waals surface area (Å²) in [7, 11) is 3.83. The van der Waals surface area contributed by atoms with Crippen molar-refractivity contribution in [3.8, 4) is 22.6 Å². The molecule has 1 heterocycles. The molecule has 1 saturated heterocycles. The van der Waals surface area contributed by atoms with Gasteiger partial charge in [0.15, 0.2) is 0 Å². The molecule has 6 heteroatoms. The second kappa shape index (κ2) is 12.1. The minimum atomic E-state index is -0.795. The predicted octanol–water partition coefficient (Wildman–Crippen LogP) is 4.59. The van der Waals surface area contributed by atoms with Crippen LogP contribution in [-0.4, -0.2) is 61.9 Å². The van der Waals surface area contributed by atoms with Gasteiger partial charge in [0.05, 0.1) is 40.3 Å². The van der Waals surface area contributed by atoms with E-state index in [4.69, 9.17) is 9.47 Å². The molecule has 6 nitrogen and oxygen atoms in total. The van der Waals surface area contributed by atoms with Crippen molar-refractivity contribution in [3.05, 3.63) is 84.4 Å². The van der Waals surface area contributed by atoms with Gasteiger partial charge >= 0.3 is 0 Å². The quantitative estimate of drug-likeness (QED) is 0.387. The van der Waals surface area contributed by atoms with Crippen LogP contribution in [0.2, 0.25) is 0 Å². The van der Waals surface area contributed by atoms with E-state index in [2.05, 4.69) is 24.5 Å². The first kappa shape index (κ1) is 25.7. The van der Waals surface area contributed by atoms with Crippen molar-refractivity contribution in [1.29, 1.82) is 0 Å². The molecule has 3 aromatic rings. The number of rotatable bonds is 11. The smallest absolute Gasteiger partial charge is 0.223 e. The molecule has 0 aromatic heterocycles. The Hall–Kier alpha value is -3.35. The van der Waals surface area contributed by atoms with Gasteiger partial charge in [0.2, 0.25) is 5.91 Å². The SMILES string of the molecule is COc1ccc(OCCC(=O)NC(C[N+]2(C)CCCC2)C(O)c2ccc(-c3ccccc3)cc2)cc1.